The largest absolute Gasteiger partial charge is 0.748 e. The van der Waals surface area contributed by atoms with Gasteiger partial charge in [0.25, 0.3) is 0 Å². The van der Waals surface area contributed by atoms with Crippen molar-refractivity contribution in [2.75, 3.05) is 72.4 Å². The van der Waals surface area contributed by atoms with Gasteiger partial charge in [-0.05, 0) is 6.42 Å². The van der Waals surface area contributed by atoms with Crippen molar-refractivity contribution in [1.29, 1.82) is 0 Å². The monoisotopic (exact) mass is 489 g/mol. The maximum atomic E-state index is 12.2. The number of hydrogen-bond acceptors (Lipinski definition) is 8. The third kappa shape index (κ3) is 18.3. The first-order valence-electron chi connectivity index (χ1n) is 10.4. The van der Waals surface area contributed by atoms with Crippen molar-refractivity contribution in [3.63, 3.8) is 0 Å². The number of amides is 1. The van der Waals surface area contributed by atoms with Crippen molar-refractivity contribution < 1.29 is 44.4 Å². The molecule has 0 aromatic heterocycles. The lowest BCUT2D eigenvalue weighted by molar-refractivity contribution is -0.914. The van der Waals surface area contributed by atoms with E-state index in [1.807, 2.05) is 35.1 Å². The minimum atomic E-state index is -4.29. The molecule has 186 valence electrons. The number of ether oxygens (including phenoxy) is 1. The number of likely N-dealkylation sites (N-methyl/N-ethyl adjacent to an activating group) is 2. The second-order valence-electron chi connectivity index (χ2n) is 9.22. The first-order valence-corrected chi connectivity index (χ1v) is 13.6. The first-order chi connectivity index (χ1) is 13.9. The summed E-state index contributed by atoms with van der Waals surface area (Å²) < 4.78 is 71.4. The van der Waals surface area contributed by atoms with Gasteiger partial charge in [-0.3, -0.25) is 0 Å². The zero-order valence-electron chi connectivity index (χ0n) is 19.3. The summed E-state index contributed by atoms with van der Waals surface area (Å²) in [6.07, 6.45) is 1.02. The molecule has 0 saturated carbocycles. The normalized spacial score (nSPS) is 13.4. The van der Waals surface area contributed by atoms with E-state index in [4.69, 9.17) is 4.74 Å². The molecule has 0 unspecified atom stereocenters. The van der Waals surface area contributed by atoms with Gasteiger partial charge in [-0.1, -0.05) is 13.3 Å². The van der Waals surface area contributed by atoms with Crippen LogP contribution in [0.25, 0.3) is 0 Å². The smallest absolute Gasteiger partial charge is 0.407 e. The van der Waals surface area contributed by atoms with Gasteiger partial charge in [0.2, 0.25) is 6.10 Å². The van der Waals surface area contributed by atoms with Crippen LogP contribution in [0.1, 0.15) is 32.6 Å². The van der Waals surface area contributed by atoms with E-state index in [0.717, 1.165) is 12.8 Å². The van der Waals surface area contributed by atoms with E-state index >= 15 is 0 Å². The summed E-state index contributed by atoms with van der Waals surface area (Å²) >= 11 is 0. The van der Waals surface area contributed by atoms with E-state index in [-0.39, 0.29) is 12.8 Å². The molecule has 0 heterocycles. The van der Waals surface area contributed by atoms with Crippen molar-refractivity contribution in [2.45, 2.75) is 38.7 Å². The number of alkyl carbamates (subject to hydrolysis) is 1. The highest BCUT2D eigenvalue weighted by atomic mass is 32.2. The predicted molar refractivity (Wildman–Crippen MR) is 115 cm³/mol. The summed E-state index contributed by atoms with van der Waals surface area (Å²) in [4.78, 5) is 12.2. The zero-order valence-corrected chi connectivity index (χ0v) is 21.0. The molecule has 13 heteroatoms. The average molecular weight is 490 g/mol. The molecule has 0 bridgehead atoms. The third-order valence-corrected chi connectivity index (χ3v) is 6.36. The molecule has 11 nitrogen and oxygen atoms in total. The Balaban J connectivity index is 5.10. The van der Waals surface area contributed by atoms with Crippen molar-refractivity contribution in [3.05, 3.63) is 0 Å². The molecule has 0 aromatic carbocycles. The minimum absolute atomic E-state index is 0.188. The molecular weight excluding hydrogens is 450 g/mol. The van der Waals surface area contributed by atoms with Gasteiger partial charge in [-0.25, -0.2) is 21.6 Å². The van der Waals surface area contributed by atoms with Gasteiger partial charge >= 0.3 is 6.09 Å². The van der Waals surface area contributed by atoms with Gasteiger partial charge in [0, 0.05) is 30.9 Å². The SMILES string of the molecule is CCCCNC(=O)OC(C[N+](C)(C)CCCS(=O)(=O)[O-])C[N+](C)(C)CCCS(=O)(=O)[O-]. The number of carbonyl (C=O) groups excluding carboxylic acids is 1. The molecule has 0 aliphatic carbocycles. The van der Waals surface area contributed by atoms with E-state index in [1.54, 1.807) is 0 Å². The van der Waals surface area contributed by atoms with Crippen LogP contribution in [0.3, 0.4) is 0 Å². The molecule has 0 aliphatic rings. The van der Waals surface area contributed by atoms with Crippen LogP contribution in [0.4, 0.5) is 4.79 Å². The second kappa shape index (κ2) is 12.9. The number of rotatable bonds is 16. The molecule has 31 heavy (non-hydrogen) atoms. The average Bonchev–Trinajstić information content (AvgIpc) is 2.50. The maximum absolute atomic E-state index is 12.2. The van der Waals surface area contributed by atoms with Gasteiger partial charge < -0.3 is 28.1 Å². The second-order valence-corrected chi connectivity index (χ2v) is 12.3. The van der Waals surface area contributed by atoms with Gasteiger partial charge in [0.1, 0.15) is 13.1 Å². The quantitative estimate of drug-likeness (QED) is 0.179. The van der Waals surface area contributed by atoms with Crippen molar-refractivity contribution >= 4 is 26.3 Å². The highest BCUT2D eigenvalue weighted by Crippen LogP contribution is 2.11. The fraction of sp³-hybridized carbons (Fsp3) is 0.944. The topological polar surface area (TPSA) is 153 Å². The summed E-state index contributed by atoms with van der Waals surface area (Å²) in [6, 6.07) is 0. The highest BCUT2D eigenvalue weighted by molar-refractivity contribution is 7.85. The van der Waals surface area contributed by atoms with Gasteiger partial charge in [-0.2, -0.15) is 0 Å². The fourth-order valence-corrected chi connectivity index (χ4v) is 4.28. The van der Waals surface area contributed by atoms with E-state index in [2.05, 4.69) is 5.32 Å². The van der Waals surface area contributed by atoms with Crippen LogP contribution < -0.4 is 5.32 Å². The summed E-state index contributed by atoms with van der Waals surface area (Å²) in [7, 11) is -1.17. The summed E-state index contributed by atoms with van der Waals surface area (Å²) in [5.74, 6) is -0.911. The van der Waals surface area contributed by atoms with Gasteiger partial charge in [0.15, 0.2) is 0 Å². The molecule has 0 saturated heterocycles. The lowest BCUT2D eigenvalue weighted by Gasteiger charge is -2.37. The highest BCUT2D eigenvalue weighted by Gasteiger charge is 2.31. The van der Waals surface area contributed by atoms with Crippen LogP contribution in [-0.4, -0.2) is 120 Å². The number of nitrogens with one attached hydrogen (secondary N) is 1. The molecule has 1 N–H and O–H groups in total. The Labute approximate surface area is 187 Å². The first kappa shape index (κ1) is 30.0. The Hall–Kier alpha value is -0.990. The maximum Gasteiger partial charge on any atom is 0.407 e. The fourth-order valence-electron chi connectivity index (χ4n) is 3.32. The molecule has 0 aromatic rings. The summed E-state index contributed by atoms with van der Waals surface area (Å²) in [5.41, 5.74) is 0. The number of nitrogens with zero attached hydrogens (tertiary/aromatic N) is 2. The Morgan fingerprint density at radius 1 is 0.871 bits per heavy atom. The standard InChI is InChI=1S/C18H39N3O8S2/c1-6-7-10-19-18(22)29-17(15-20(2,3)11-8-13-30(23,24)25)16-21(4,5)12-9-14-31(26,27)28/h17H,6-16H2,1-5H3,(H-2,19,22,23,24,25,26,27,28). The Morgan fingerprint density at radius 3 is 1.65 bits per heavy atom. The van der Waals surface area contributed by atoms with E-state index in [9.17, 15) is 30.7 Å². The predicted octanol–water partition coefficient (Wildman–Crippen LogP) is -0.0953. The van der Waals surface area contributed by atoms with E-state index in [1.165, 1.54) is 0 Å². The molecule has 0 fully saturated rings. The lowest BCUT2D eigenvalue weighted by atomic mass is 10.2. The van der Waals surface area contributed by atoms with Crippen LogP contribution >= 0.6 is 0 Å². The number of carbonyl (C=O) groups is 1. The van der Waals surface area contributed by atoms with E-state index < -0.39 is 43.9 Å². The van der Waals surface area contributed by atoms with Crippen molar-refractivity contribution in [1.82, 2.24) is 5.32 Å². The number of hydrogen-bond donors (Lipinski definition) is 1. The van der Waals surface area contributed by atoms with Gasteiger partial charge in [0.05, 0.1) is 61.5 Å². The van der Waals surface area contributed by atoms with Crippen LogP contribution in [0, 0.1) is 0 Å². The van der Waals surface area contributed by atoms with Crippen molar-refractivity contribution in [3.8, 4) is 0 Å². The molecule has 0 radical (unpaired) electrons. The molecule has 0 rings (SSSR count). The van der Waals surface area contributed by atoms with Gasteiger partial charge in [-0.15, -0.1) is 0 Å². The Morgan fingerprint density at radius 2 is 1.29 bits per heavy atom. The lowest BCUT2D eigenvalue weighted by Crippen LogP contribution is -2.55. The Kier molecular flexibility index (Phi) is 12.5. The third-order valence-electron chi connectivity index (χ3n) is 4.78. The van der Waals surface area contributed by atoms with Crippen LogP contribution in [0.15, 0.2) is 0 Å². The number of unbranched alkanes of at least 4 members (excludes halogenated alkanes) is 1. The molecule has 0 spiro atoms. The summed E-state index contributed by atoms with van der Waals surface area (Å²) in [6.45, 7) is 4.05. The van der Waals surface area contributed by atoms with Crippen LogP contribution in [0.2, 0.25) is 0 Å². The molecular formula is C18H39N3O8S2. The molecule has 0 aliphatic heterocycles. The van der Waals surface area contributed by atoms with Crippen LogP contribution in [0.5, 0.6) is 0 Å². The minimum Gasteiger partial charge on any atom is -0.748 e. The summed E-state index contributed by atoms with van der Waals surface area (Å²) in [5, 5.41) is 2.70. The molecule has 0 atom stereocenters. The number of quaternary nitrogens is 2. The molecule has 1 amide bonds. The van der Waals surface area contributed by atoms with Crippen LogP contribution in [-0.2, 0) is 25.0 Å². The zero-order chi connectivity index (χ0) is 24.3. The van der Waals surface area contributed by atoms with E-state index in [0.29, 0.717) is 41.7 Å². The Bertz CT molecular complexity index is 700. The van der Waals surface area contributed by atoms with Crippen molar-refractivity contribution in [2.24, 2.45) is 0 Å².